The molecule has 1 aliphatic carbocycles. The summed E-state index contributed by atoms with van der Waals surface area (Å²) >= 11 is 6.57. The van der Waals surface area contributed by atoms with E-state index in [1.165, 1.54) is 19.2 Å². The van der Waals surface area contributed by atoms with Crippen LogP contribution in [0.4, 0.5) is 21.0 Å². The number of nitrogens with two attached hydrogens (primary N) is 1. The number of aliphatic hydroxyl groups excluding tert-OH is 1. The molecule has 1 atom stereocenters. The molecule has 1 saturated carbocycles. The topological polar surface area (TPSA) is 200 Å². The number of pyridine rings is 1. The van der Waals surface area contributed by atoms with Gasteiger partial charge in [-0.3, -0.25) is 10.1 Å². The van der Waals surface area contributed by atoms with E-state index in [4.69, 9.17) is 26.8 Å². The van der Waals surface area contributed by atoms with E-state index in [0.717, 1.165) is 42.4 Å². The number of aromatic hydroxyl groups is 1. The van der Waals surface area contributed by atoms with Crippen molar-refractivity contribution in [2.24, 2.45) is 5.73 Å². The lowest BCUT2D eigenvalue weighted by molar-refractivity contribution is 0.0826. The summed E-state index contributed by atoms with van der Waals surface area (Å²) in [5, 5.41) is 33.7. The van der Waals surface area contributed by atoms with Crippen molar-refractivity contribution in [2.75, 3.05) is 30.8 Å². The third kappa shape index (κ3) is 10.4. The highest BCUT2D eigenvalue weighted by Crippen LogP contribution is 2.33. The number of rotatable bonds is 14. The summed E-state index contributed by atoms with van der Waals surface area (Å²) in [5.41, 5.74) is 11.0. The van der Waals surface area contributed by atoms with Crippen LogP contribution in [0.15, 0.2) is 89.7 Å². The molecule has 294 valence electrons. The number of anilines is 2. The molecule has 3 amide bonds. The molecule has 9 N–H and O–H groups in total. The predicted octanol–water partition coefficient (Wildman–Crippen LogP) is 6.96. The standard InChI is InChI=1S/C42H47ClN6O7/c1-55-38-22-35(33(43)21-27(38)23-45-24-37(51)31-15-17-36(50)40-32(31)16-18-39(52)49-40)47-41(53)46-19-5-6-25-9-14-30(26-7-3-2-4-8-26)34(20-25)48-42(54)56-29-12-10-28(44)11-13-29/h2-4,7-9,14-18,20-22,28-29,37,45,50-51H,5-6,10-13,19,23-24,44H2,1H3,(H,48,54)(H,49,52)(H2,46,47,53). The first-order valence-corrected chi connectivity index (χ1v) is 19.0. The second-order valence-electron chi connectivity index (χ2n) is 13.9. The zero-order chi connectivity index (χ0) is 39.6. The number of carbonyl (C=O) groups is 2. The summed E-state index contributed by atoms with van der Waals surface area (Å²) in [6.45, 7) is 0.826. The lowest BCUT2D eigenvalue weighted by Gasteiger charge is -2.26. The minimum atomic E-state index is -0.946. The number of hydrogen-bond acceptors (Lipinski definition) is 9. The van der Waals surface area contributed by atoms with E-state index in [0.29, 0.717) is 64.6 Å². The van der Waals surface area contributed by atoms with E-state index in [9.17, 15) is 24.6 Å². The number of aliphatic hydroxyl groups is 1. The van der Waals surface area contributed by atoms with Gasteiger partial charge in [-0.1, -0.05) is 60.1 Å². The number of H-pyrrole nitrogens is 1. The molecule has 6 rings (SSSR count). The Morgan fingerprint density at radius 1 is 0.964 bits per heavy atom. The molecule has 13 nitrogen and oxygen atoms in total. The van der Waals surface area contributed by atoms with Gasteiger partial charge in [0.2, 0.25) is 5.56 Å². The van der Waals surface area contributed by atoms with Crippen molar-refractivity contribution in [1.82, 2.24) is 15.6 Å². The molecule has 5 aromatic rings. The maximum absolute atomic E-state index is 12.9. The SMILES string of the molecule is COc1cc(NC(=O)NCCCc2ccc(-c3ccccc3)c(NC(=O)OC3CCC(N)CC3)c2)c(Cl)cc1CNCC(O)c1ccc(O)c2[nH]c(=O)ccc12. The zero-order valence-corrected chi connectivity index (χ0v) is 31.8. The van der Waals surface area contributed by atoms with Gasteiger partial charge in [-0.2, -0.15) is 0 Å². The van der Waals surface area contributed by atoms with Gasteiger partial charge >= 0.3 is 12.1 Å². The zero-order valence-electron chi connectivity index (χ0n) is 31.1. The Labute approximate surface area is 329 Å². The van der Waals surface area contributed by atoms with Crippen LogP contribution in [0.2, 0.25) is 5.02 Å². The van der Waals surface area contributed by atoms with Gasteiger partial charge in [-0.05, 0) is 79.5 Å². The Morgan fingerprint density at radius 3 is 2.52 bits per heavy atom. The Hall–Kier alpha value is -5.60. The van der Waals surface area contributed by atoms with E-state index in [-0.39, 0.29) is 35.5 Å². The number of phenols is 1. The highest BCUT2D eigenvalue weighted by atomic mass is 35.5. The Balaban J connectivity index is 1.00. The number of hydrogen-bond donors (Lipinski definition) is 8. The molecular formula is C42H47ClN6O7. The number of aryl methyl sites for hydroxylation is 1. The first kappa shape index (κ1) is 40.1. The molecule has 1 aromatic heterocycles. The molecule has 1 fully saturated rings. The highest BCUT2D eigenvalue weighted by molar-refractivity contribution is 6.33. The van der Waals surface area contributed by atoms with Crippen LogP contribution in [0, 0.1) is 0 Å². The fraction of sp³-hybridized carbons (Fsp3) is 0.310. The number of phenolic OH excluding ortho intramolecular Hbond substituents is 1. The van der Waals surface area contributed by atoms with Crippen LogP contribution in [-0.4, -0.2) is 59.7 Å². The van der Waals surface area contributed by atoms with Gasteiger partial charge < -0.3 is 46.4 Å². The van der Waals surface area contributed by atoms with Gasteiger partial charge in [0, 0.05) is 54.3 Å². The van der Waals surface area contributed by atoms with Gasteiger partial charge in [0.15, 0.2) is 0 Å². The van der Waals surface area contributed by atoms with Gasteiger partial charge in [-0.15, -0.1) is 0 Å². The number of urea groups is 1. The van der Waals surface area contributed by atoms with Crippen LogP contribution in [-0.2, 0) is 17.7 Å². The summed E-state index contributed by atoms with van der Waals surface area (Å²) in [6.07, 6.45) is 2.87. The quantitative estimate of drug-likeness (QED) is 0.0549. The van der Waals surface area contributed by atoms with E-state index in [1.807, 2.05) is 48.5 Å². The van der Waals surface area contributed by atoms with E-state index >= 15 is 0 Å². The van der Waals surface area contributed by atoms with Gasteiger partial charge in [0.25, 0.3) is 0 Å². The summed E-state index contributed by atoms with van der Waals surface area (Å²) in [5.74, 6) is 0.396. The van der Waals surface area contributed by atoms with Gasteiger partial charge in [0.1, 0.15) is 17.6 Å². The molecule has 56 heavy (non-hydrogen) atoms. The highest BCUT2D eigenvalue weighted by Gasteiger charge is 2.23. The smallest absolute Gasteiger partial charge is 0.411 e. The second kappa shape index (κ2) is 18.8. The summed E-state index contributed by atoms with van der Waals surface area (Å²) < 4.78 is 11.3. The summed E-state index contributed by atoms with van der Waals surface area (Å²) in [7, 11) is 1.51. The molecule has 0 saturated heterocycles. The molecule has 14 heteroatoms. The number of amides is 3. The third-order valence-electron chi connectivity index (χ3n) is 9.86. The molecule has 0 radical (unpaired) electrons. The lowest BCUT2D eigenvalue weighted by Crippen LogP contribution is -2.32. The van der Waals surface area contributed by atoms with Crippen molar-refractivity contribution in [3.05, 3.63) is 117 Å². The number of ether oxygens (including phenoxy) is 2. The maximum atomic E-state index is 12.9. The van der Waals surface area contributed by atoms with Crippen molar-refractivity contribution >= 4 is 46.0 Å². The van der Waals surface area contributed by atoms with Crippen LogP contribution in [0.1, 0.15) is 54.9 Å². The molecule has 0 spiro atoms. The predicted molar refractivity (Wildman–Crippen MR) is 218 cm³/mol. The summed E-state index contributed by atoms with van der Waals surface area (Å²) in [4.78, 5) is 40.1. The van der Waals surface area contributed by atoms with Crippen LogP contribution >= 0.6 is 11.6 Å². The number of benzene rings is 4. The Morgan fingerprint density at radius 2 is 1.75 bits per heavy atom. The molecule has 1 aliphatic rings. The first-order chi connectivity index (χ1) is 27.1. The number of halogens is 1. The monoisotopic (exact) mass is 782 g/mol. The normalized spacial score (nSPS) is 15.9. The number of nitrogens with one attached hydrogen (secondary N) is 5. The molecule has 1 heterocycles. The Kier molecular flexibility index (Phi) is 13.5. The summed E-state index contributed by atoms with van der Waals surface area (Å²) in [6, 6.07) is 24.8. The van der Waals surface area contributed by atoms with Crippen molar-refractivity contribution in [3.63, 3.8) is 0 Å². The van der Waals surface area contributed by atoms with Gasteiger partial charge in [-0.25, -0.2) is 9.59 Å². The fourth-order valence-electron chi connectivity index (χ4n) is 6.90. The van der Waals surface area contributed by atoms with Crippen molar-refractivity contribution in [2.45, 2.75) is 63.3 Å². The van der Waals surface area contributed by atoms with Gasteiger partial charge in [0.05, 0.1) is 35.1 Å². The number of aromatic nitrogens is 1. The Bertz CT molecular complexity index is 2210. The maximum Gasteiger partial charge on any atom is 0.411 e. The average Bonchev–Trinajstić information content (AvgIpc) is 3.19. The number of fused-ring (bicyclic) bond motifs is 1. The second-order valence-corrected chi connectivity index (χ2v) is 14.3. The number of methoxy groups -OCH3 is 1. The van der Waals surface area contributed by atoms with E-state index in [1.54, 1.807) is 24.3 Å². The minimum absolute atomic E-state index is 0.0852. The van der Waals surface area contributed by atoms with Crippen LogP contribution < -0.4 is 37.3 Å². The first-order valence-electron chi connectivity index (χ1n) is 18.6. The van der Waals surface area contributed by atoms with Crippen molar-refractivity contribution < 1.29 is 29.3 Å². The molecule has 0 bridgehead atoms. The third-order valence-corrected chi connectivity index (χ3v) is 10.2. The number of aromatic amines is 1. The van der Waals surface area contributed by atoms with E-state index in [2.05, 4.69) is 26.3 Å². The molecular weight excluding hydrogens is 736 g/mol. The average molecular weight is 783 g/mol. The minimum Gasteiger partial charge on any atom is -0.506 e. The van der Waals surface area contributed by atoms with Crippen molar-refractivity contribution in [3.8, 4) is 22.6 Å². The molecule has 0 aliphatic heterocycles. The van der Waals surface area contributed by atoms with Crippen LogP contribution in [0.25, 0.3) is 22.0 Å². The van der Waals surface area contributed by atoms with E-state index < -0.39 is 18.2 Å². The fourth-order valence-corrected chi connectivity index (χ4v) is 7.13. The lowest BCUT2D eigenvalue weighted by atomic mass is 9.94. The number of carbonyl (C=O) groups excluding carboxylic acids is 2. The largest absolute Gasteiger partial charge is 0.506 e. The van der Waals surface area contributed by atoms with Crippen LogP contribution in [0.5, 0.6) is 11.5 Å². The molecule has 1 unspecified atom stereocenters. The van der Waals surface area contributed by atoms with Crippen molar-refractivity contribution in [1.29, 1.82) is 0 Å². The van der Waals surface area contributed by atoms with Crippen LogP contribution in [0.3, 0.4) is 0 Å². The molecule has 4 aromatic carbocycles.